The van der Waals surface area contributed by atoms with Gasteiger partial charge in [-0.3, -0.25) is 0 Å². The van der Waals surface area contributed by atoms with Gasteiger partial charge >= 0.3 is 5.97 Å². The van der Waals surface area contributed by atoms with E-state index in [0.29, 0.717) is 18.2 Å². The Morgan fingerprint density at radius 2 is 2.32 bits per heavy atom. The Balaban J connectivity index is 1.92. The molecule has 1 saturated carbocycles. The predicted octanol–water partition coefficient (Wildman–Crippen LogP) is 2.67. The summed E-state index contributed by atoms with van der Waals surface area (Å²) in [5.74, 6) is 0.379. The van der Waals surface area contributed by atoms with E-state index in [1.54, 1.807) is 12.3 Å². The van der Waals surface area contributed by atoms with Gasteiger partial charge in [0.05, 0.1) is 0 Å². The molecule has 104 valence electrons. The van der Waals surface area contributed by atoms with Gasteiger partial charge in [0, 0.05) is 12.7 Å². The molecule has 0 bridgehead atoms. The van der Waals surface area contributed by atoms with Gasteiger partial charge in [-0.2, -0.15) is 0 Å². The van der Waals surface area contributed by atoms with Crippen molar-refractivity contribution in [3.05, 3.63) is 29.6 Å². The molecule has 0 saturated heterocycles. The van der Waals surface area contributed by atoms with Gasteiger partial charge in [0.2, 0.25) is 0 Å². The maximum atomic E-state index is 12.0. The van der Waals surface area contributed by atoms with E-state index in [0.717, 1.165) is 31.2 Å². The third-order valence-electron chi connectivity index (χ3n) is 3.86. The van der Waals surface area contributed by atoms with Crippen LogP contribution in [0.15, 0.2) is 18.3 Å². The van der Waals surface area contributed by atoms with E-state index in [1.165, 1.54) is 6.42 Å². The van der Waals surface area contributed by atoms with E-state index < -0.39 is 0 Å². The SMILES string of the molecule is CCC1CCCC(OC(=O)c2ccc(CN)cn2)C1. The number of nitrogens with two attached hydrogens (primary N) is 1. The van der Waals surface area contributed by atoms with E-state index in [9.17, 15) is 4.79 Å². The lowest BCUT2D eigenvalue weighted by Crippen LogP contribution is -2.25. The van der Waals surface area contributed by atoms with Crippen molar-refractivity contribution in [3.63, 3.8) is 0 Å². The third-order valence-corrected chi connectivity index (χ3v) is 3.86. The van der Waals surface area contributed by atoms with Gasteiger partial charge in [-0.15, -0.1) is 0 Å². The summed E-state index contributed by atoms with van der Waals surface area (Å²) in [6, 6.07) is 3.50. The van der Waals surface area contributed by atoms with Crippen LogP contribution >= 0.6 is 0 Å². The van der Waals surface area contributed by atoms with Crippen LogP contribution < -0.4 is 5.73 Å². The summed E-state index contributed by atoms with van der Waals surface area (Å²) in [6.07, 6.45) is 7.22. The van der Waals surface area contributed by atoms with Gasteiger partial charge in [-0.25, -0.2) is 9.78 Å². The first-order valence-corrected chi connectivity index (χ1v) is 7.09. The van der Waals surface area contributed by atoms with Crippen LogP contribution in [0.1, 0.15) is 55.1 Å². The molecule has 0 radical (unpaired) electrons. The quantitative estimate of drug-likeness (QED) is 0.847. The average molecular weight is 262 g/mol. The first-order valence-electron chi connectivity index (χ1n) is 7.09. The summed E-state index contributed by atoms with van der Waals surface area (Å²) in [5.41, 5.74) is 6.79. The number of carbonyl (C=O) groups excluding carboxylic acids is 1. The van der Waals surface area contributed by atoms with Gasteiger partial charge in [0.25, 0.3) is 0 Å². The number of aromatic nitrogens is 1. The molecule has 2 rings (SSSR count). The molecule has 2 unspecified atom stereocenters. The molecular formula is C15H22N2O2. The zero-order chi connectivity index (χ0) is 13.7. The number of hydrogen-bond donors (Lipinski definition) is 1. The van der Waals surface area contributed by atoms with Crippen LogP contribution in [0, 0.1) is 5.92 Å². The molecule has 1 aromatic rings. The van der Waals surface area contributed by atoms with Crippen molar-refractivity contribution in [3.8, 4) is 0 Å². The highest BCUT2D eigenvalue weighted by molar-refractivity contribution is 5.87. The summed E-state index contributed by atoms with van der Waals surface area (Å²) in [7, 11) is 0. The van der Waals surface area contributed by atoms with Crippen LogP contribution in [-0.2, 0) is 11.3 Å². The number of ether oxygens (including phenoxy) is 1. The molecule has 19 heavy (non-hydrogen) atoms. The number of pyridine rings is 1. The predicted molar refractivity (Wildman–Crippen MR) is 73.6 cm³/mol. The van der Waals surface area contributed by atoms with Crippen molar-refractivity contribution in [2.45, 2.75) is 51.7 Å². The fraction of sp³-hybridized carbons (Fsp3) is 0.600. The van der Waals surface area contributed by atoms with Gasteiger partial charge in [0.15, 0.2) is 0 Å². The standard InChI is InChI=1S/C15H22N2O2/c1-2-11-4-3-5-13(8-11)19-15(18)14-7-6-12(9-16)10-17-14/h6-7,10-11,13H,2-5,8-9,16H2,1H3. The summed E-state index contributed by atoms with van der Waals surface area (Å²) in [4.78, 5) is 16.1. The Morgan fingerprint density at radius 3 is 2.95 bits per heavy atom. The Morgan fingerprint density at radius 1 is 1.47 bits per heavy atom. The second-order valence-corrected chi connectivity index (χ2v) is 5.22. The second kappa shape index (κ2) is 6.66. The molecule has 2 N–H and O–H groups in total. The van der Waals surface area contributed by atoms with E-state index in [4.69, 9.17) is 10.5 Å². The molecule has 1 aromatic heterocycles. The summed E-state index contributed by atoms with van der Waals surface area (Å²) in [6.45, 7) is 2.63. The molecule has 4 heteroatoms. The number of rotatable bonds is 4. The van der Waals surface area contributed by atoms with Crippen molar-refractivity contribution >= 4 is 5.97 Å². The molecule has 1 aliphatic rings. The lowest BCUT2D eigenvalue weighted by molar-refractivity contribution is 0.0133. The van der Waals surface area contributed by atoms with Crippen LogP contribution in [-0.4, -0.2) is 17.1 Å². The third kappa shape index (κ3) is 3.77. The monoisotopic (exact) mass is 262 g/mol. The van der Waals surface area contributed by atoms with Crippen molar-refractivity contribution in [1.29, 1.82) is 0 Å². The Kier molecular flexibility index (Phi) is 4.91. The van der Waals surface area contributed by atoms with Crippen LogP contribution in [0.5, 0.6) is 0 Å². The largest absolute Gasteiger partial charge is 0.458 e. The topological polar surface area (TPSA) is 65.2 Å². The highest BCUT2D eigenvalue weighted by Crippen LogP contribution is 2.28. The smallest absolute Gasteiger partial charge is 0.357 e. The molecule has 1 aliphatic carbocycles. The van der Waals surface area contributed by atoms with E-state index in [2.05, 4.69) is 11.9 Å². The Hall–Kier alpha value is -1.42. The van der Waals surface area contributed by atoms with E-state index in [-0.39, 0.29) is 12.1 Å². The van der Waals surface area contributed by atoms with Crippen molar-refractivity contribution in [1.82, 2.24) is 4.98 Å². The maximum absolute atomic E-state index is 12.0. The van der Waals surface area contributed by atoms with Gasteiger partial charge in [-0.1, -0.05) is 25.8 Å². The van der Waals surface area contributed by atoms with E-state index >= 15 is 0 Å². The number of nitrogens with zero attached hydrogens (tertiary/aromatic N) is 1. The first-order chi connectivity index (χ1) is 9.22. The lowest BCUT2D eigenvalue weighted by atomic mass is 9.85. The molecule has 1 heterocycles. The second-order valence-electron chi connectivity index (χ2n) is 5.22. The molecule has 1 fully saturated rings. The highest BCUT2D eigenvalue weighted by Gasteiger charge is 2.24. The van der Waals surface area contributed by atoms with Gasteiger partial charge in [0.1, 0.15) is 11.8 Å². The average Bonchev–Trinajstić information content (AvgIpc) is 2.47. The molecule has 0 aliphatic heterocycles. The normalized spacial score (nSPS) is 23.1. The number of hydrogen-bond acceptors (Lipinski definition) is 4. The first kappa shape index (κ1) is 14.0. The van der Waals surface area contributed by atoms with Crippen LogP contribution in [0.3, 0.4) is 0 Å². The molecule has 0 spiro atoms. The summed E-state index contributed by atoms with van der Waals surface area (Å²) >= 11 is 0. The molecule has 0 amide bonds. The minimum Gasteiger partial charge on any atom is -0.458 e. The molecule has 2 atom stereocenters. The van der Waals surface area contributed by atoms with Crippen LogP contribution in [0.4, 0.5) is 0 Å². The molecule has 4 nitrogen and oxygen atoms in total. The van der Waals surface area contributed by atoms with Gasteiger partial charge < -0.3 is 10.5 Å². The Bertz CT molecular complexity index is 417. The zero-order valence-electron chi connectivity index (χ0n) is 11.5. The number of carbonyl (C=O) groups is 1. The fourth-order valence-electron chi connectivity index (χ4n) is 2.60. The highest BCUT2D eigenvalue weighted by atomic mass is 16.5. The zero-order valence-corrected chi connectivity index (χ0v) is 11.5. The van der Waals surface area contributed by atoms with Crippen molar-refractivity contribution in [2.24, 2.45) is 11.7 Å². The van der Waals surface area contributed by atoms with Crippen LogP contribution in [0.2, 0.25) is 0 Å². The summed E-state index contributed by atoms with van der Waals surface area (Å²) < 4.78 is 5.55. The minimum absolute atomic E-state index is 0.0576. The van der Waals surface area contributed by atoms with E-state index in [1.807, 2.05) is 6.07 Å². The molecular weight excluding hydrogens is 240 g/mol. The maximum Gasteiger partial charge on any atom is 0.357 e. The Labute approximate surface area is 114 Å². The fourth-order valence-corrected chi connectivity index (χ4v) is 2.60. The van der Waals surface area contributed by atoms with Gasteiger partial charge in [-0.05, 0) is 36.8 Å². The summed E-state index contributed by atoms with van der Waals surface area (Å²) in [5, 5.41) is 0. The molecule has 0 aromatic carbocycles. The lowest BCUT2D eigenvalue weighted by Gasteiger charge is -2.28. The number of esters is 1. The van der Waals surface area contributed by atoms with Crippen LogP contribution in [0.25, 0.3) is 0 Å². The minimum atomic E-state index is -0.315. The van der Waals surface area contributed by atoms with Crippen molar-refractivity contribution in [2.75, 3.05) is 0 Å². The van der Waals surface area contributed by atoms with Crippen molar-refractivity contribution < 1.29 is 9.53 Å².